The molecule has 9 heteroatoms. The lowest BCUT2D eigenvalue weighted by Crippen LogP contribution is -2.39. The number of carbonyl (C=O) groups excluding carboxylic acids is 1. The Morgan fingerprint density at radius 3 is 2.40 bits per heavy atom. The van der Waals surface area contributed by atoms with Crippen LogP contribution in [0.1, 0.15) is 5.56 Å². The van der Waals surface area contributed by atoms with E-state index in [0.717, 1.165) is 14.3 Å². The number of sulfonamides is 1. The lowest BCUT2D eigenvalue weighted by molar-refractivity contribution is -0.119. The van der Waals surface area contributed by atoms with Crippen LogP contribution in [0.3, 0.4) is 0 Å². The molecule has 1 N–H and O–H groups in total. The van der Waals surface area contributed by atoms with Gasteiger partial charge < -0.3 is 0 Å². The Kier molecular flexibility index (Phi) is 7.25. The van der Waals surface area contributed by atoms with Crippen molar-refractivity contribution in [2.45, 2.75) is 4.90 Å². The monoisotopic (exact) mass is 505 g/mol. The van der Waals surface area contributed by atoms with Gasteiger partial charge in [0.25, 0.3) is 15.9 Å². The van der Waals surface area contributed by atoms with E-state index in [1.54, 1.807) is 42.5 Å². The summed E-state index contributed by atoms with van der Waals surface area (Å²) >= 11 is 9.28. The number of anilines is 1. The standard InChI is InChI=1S/C21H17BrClN3O3S/c22-17-6-4-5-16(13-17)14-24-25-21(27)15-26(19-11-9-18(23)10-12-19)30(28,29)20-7-2-1-3-8-20/h1-14H,15H2,(H,25,27). The molecular weight excluding hydrogens is 490 g/mol. The Hall–Kier alpha value is -2.68. The summed E-state index contributed by atoms with van der Waals surface area (Å²) in [4.78, 5) is 12.5. The van der Waals surface area contributed by atoms with Crippen LogP contribution in [0.25, 0.3) is 0 Å². The fraction of sp³-hybridized carbons (Fsp3) is 0.0476. The maximum Gasteiger partial charge on any atom is 0.264 e. The first-order valence-corrected chi connectivity index (χ1v) is 11.4. The van der Waals surface area contributed by atoms with E-state index in [1.807, 2.05) is 24.3 Å². The first-order valence-electron chi connectivity index (χ1n) is 8.77. The summed E-state index contributed by atoms with van der Waals surface area (Å²) < 4.78 is 28.2. The first-order chi connectivity index (χ1) is 14.4. The van der Waals surface area contributed by atoms with Gasteiger partial charge in [-0.2, -0.15) is 5.10 Å². The second-order valence-electron chi connectivity index (χ2n) is 6.15. The van der Waals surface area contributed by atoms with Crippen molar-refractivity contribution >= 4 is 55.4 Å². The molecule has 3 rings (SSSR count). The van der Waals surface area contributed by atoms with Gasteiger partial charge in [0.1, 0.15) is 6.54 Å². The van der Waals surface area contributed by atoms with Gasteiger partial charge in [-0.05, 0) is 54.1 Å². The van der Waals surface area contributed by atoms with Crippen molar-refractivity contribution in [2.24, 2.45) is 5.10 Å². The highest BCUT2D eigenvalue weighted by Gasteiger charge is 2.27. The Bertz CT molecular complexity index is 1150. The van der Waals surface area contributed by atoms with Gasteiger partial charge in [-0.25, -0.2) is 13.8 Å². The molecule has 0 bridgehead atoms. The van der Waals surface area contributed by atoms with Crippen LogP contribution in [0, 0.1) is 0 Å². The number of carbonyl (C=O) groups is 1. The van der Waals surface area contributed by atoms with Gasteiger partial charge in [0, 0.05) is 9.50 Å². The summed E-state index contributed by atoms with van der Waals surface area (Å²) in [5.41, 5.74) is 3.46. The Labute approximate surface area is 188 Å². The zero-order valence-corrected chi connectivity index (χ0v) is 18.7. The second-order valence-corrected chi connectivity index (χ2v) is 9.36. The molecule has 0 saturated heterocycles. The number of amides is 1. The topological polar surface area (TPSA) is 78.8 Å². The molecule has 0 aliphatic rings. The predicted octanol–water partition coefficient (Wildman–Crippen LogP) is 4.45. The minimum Gasteiger partial charge on any atom is -0.271 e. The number of hydrogen-bond acceptors (Lipinski definition) is 4. The third-order valence-corrected chi connectivity index (χ3v) is 6.52. The normalized spacial score (nSPS) is 11.4. The van der Waals surface area contributed by atoms with Crippen LogP contribution in [-0.4, -0.2) is 27.1 Å². The maximum atomic E-state index is 13.2. The lowest BCUT2D eigenvalue weighted by Gasteiger charge is -2.23. The minimum atomic E-state index is -3.97. The van der Waals surface area contributed by atoms with Gasteiger partial charge in [0.2, 0.25) is 0 Å². The second kappa shape index (κ2) is 9.88. The van der Waals surface area contributed by atoms with Crippen molar-refractivity contribution < 1.29 is 13.2 Å². The molecule has 0 atom stereocenters. The molecule has 3 aromatic rings. The van der Waals surface area contributed by atoms with Gasteiger partial charge in [0.15, 0.2) is 0 Å². The van der Waals surface area contributed by atoms with Crippen LogP contribution in [0.5, 0.6) is 0 Å². The van der Waals surface area contributed by atoms with Crippen LogP contribution in [0.4, 0.5) is 5.69 Å². The predicted molar refractivity (Wildman–Crippen MR) is 122 cm³/mol. The highest BCUT2D eigenvalue weighted by atomic mass is 79.9. The molecule has 0 fully saturated rings. The van der Waals surface area contributed by atoms with Gasteiger partial charge in [-0.15, -0.1) is 0 Å². The highest BCUT2D eigenvalue weighted by Crippen LogP contribution is 2.25. The molecule has 154 valence electrons. The van der Waals surface area contributed by atoms with E-state index in [0.29, 0.717) is 10.7 Å². The molecule has 6 nitrogen and oxygen atoms in total. The fourth-order valence-electron chi connectivity index (χ4n) is 2.57. The summed E-state index contributed by atoms with van der Waals surface area (Å²) in [6.07, 6.45) is 1.47. The number of hydrogen-bond donors (Lipinski definition) is 1. The first kappa shape index (κ1) is 22.0. The van der Waals surface area contributed by atoms with Crippen LogP contribution >= 0.6 is 27.5 Å². The van der Waals surface area contributed by atoms with Crippen LogP contribution < -0.4 is 9.73 Å². The zero-order chi connectivity index (χ0) is 21.6. The van der Waals surface area contributed by atoms with Crippen molar-refractivity contribution in [3.8, 4) is 0 Å². The molecule has 0 aliphatic heterocycles. The summed E-state index contributed by atoms with van der Waals surface area (Å²) in [5.74, 6) is -0.587. The molecule has 0 aliphatic carbocycles. The quantitative estimate of drug-likeness (QED) is 0.380. The van der Waals surface area contributed by atoms with E-state index < -0.39 is 22.5 Å². The highest BCUT2D eigenvalue weighted by molar-refractivity contribution is 9.10. The van der Waals surface area contributed by atoms with Crippen LogP contribution in [0.15, 0.2) is 93.3 Å². The Balaban J connectivity index is 1.82. The van der Waals surface area contributed by atoms with E-state index >= 15 is 0 Å². The third-order valence-electron chi connectivity index (χ3n) is 3.98. The number of benzene rings is 3. The number of rotatable bonds is 7. The molecule has 0 saturated carbocycles. The number of hydrazone groups is 1. The van der Waals surface area contributed by atoms with Crippen molar-refractivity contribution in [1.29, 1.82) is 0 Å². The van der Waals surface area contributed by atoms with E-state index in [2.05, 4.69) is 26.5 Å². The number of nitrogens with one attached hydrogen (secondary N) is 1. The summed E-state index contributed by atoms with van der Waals surface area (Å²) in [5, 5.41) is 4.37. The van der Waals surface area contributed by atoms with E-state index in [1.165, 1.54) is 18.3 Å². The van der Waals surface area contributed by atoms with Gasteiger partial charge in [-0.1, -0.05) is 57.9 Å². The fourth-order valence-corrected chi connectivity index (χ4v) is 4.56. The Morgan fingerprint density at radius 2 is 1.73 bits per heavy atom. The lowest BCUT2D eigenvalue weighted by atomic mass is 10.2. The SMILES string of the molecule is O=C(CN(c1ccc(Cl)cc1)S(=O)(=O)c1ccccc1)NN=Cc1cccc(Br)c1. The largest absolute Gasteiger partial charge is 0.271 e. The summed E-state index contributed by atoms with van der Waals surface area (Å²) in [7, 11) is -3.97. The van der Waals surface area contributed by atoms with E-state index in [-0.39, 0.29) is 4.90 Å². The number of nitrogens with zero attached hydrogens (tertiary/aromatic N) is 2. The maximum absolute atomic E-state index is 13.2. The van der Waals surface area contributed by atoms with Crippen molar-refractivity contribution in [3.63, 3.8) is 0 Å². The molecule has 1 amide bonds. The number of halogens is 2. The van der Waals surface area contributed by atoms with Crippen molar-refractivity contribution in [1.82, 2.24) is 5.43 Å². The van der Waals surface area contributed by atoms with Crippen molar-refractivity contribution in [3.05, 3.63) is 93.9 Å². The molecule has 0 heterocycles. The molecule has 0 radical (unpaired) electrons. The van der Waals surface area contributed by atoms with Gasteiger partial charge in [-0.3, -0.25) is 9.10 Å². The van der Waals surface area contributed by atoms with E-state index in [4.69, 9.17) is 11.6 Å². The molecule has 30 heavy (non-hydrogen) atoms. The molecule has 3 aromatic carbocycles. The van der Waals surface area contributed by atoms with Crippen molar-refractivity contribution in [2.75, 3.05) is 10.8 Å². The van der Waals surface area contributed by atoms with Crippen LogP contribution in [0.2, 0.25) is 5.02 Å². The third kappa shape index (κ3) is 5.69. The van der Waals surface area contributed by atoms with E-state index in [9.17, 15) is 13.2 Å². The molecule has 0 unspecified atom stereocenters. The van der Waals surface area contributed by atoms with Gasteiger partial charge >= 0.3 is 0 Å². The Morgan fingerprint density at radius 1 is 1.03 bits per heavy atom. The summed E-state index contributed by atoms with van der Waals surface area (Å²) in [6.45, 7) is -0.450. The molecule has 0 spiro atoms. The average Bonchev–Trinajstić information content (AvgIpc) is 2.73. The molecular formula is C21H17BrClN3O3S. The smallest absolute Gasteiger partial charge is 0.264 e. The minimum absolute atomic E-state index is 0.0744. The zero-order valence-electron chi connectivity index (χ0n) is 15.6. The van der Waals surface area contributed by atoms with Crippen LogP contribution in [-0.2, 0) is 14.8 Å². The van der Waals surface area contributed by atoms with Gasteiger partial charge in [0.05, 0.1) is 16.8 Å². The average molecular weight is 507 g/mol. The summed E-state index contributed by atoms with van der Waals surface area (Å²) in [6, 6.07) is 21.5. The molecule has 0 aromatic heterocycles.